The minimum atomic E-state index is -1.26. The third-order valence-corrected chi connectivity index (χ3v) is 5.46. The van der Waals surface area contributed by atoms with E-state index in [0.29, 0.717) is 6.04 Å². The first-order valence-corrected chi connectivity index (χ1v) is 8.55. The summed E-state index contributed by atoms with van der Waals surface area (Å²) in [6, 6.07) is 0.694. The second kappa shape index (κ2) is 6.85. The Bertz CT molecular complexity index is 207. The molecule has 1 aliphatic rings. The lowest BCUT2D eigenvalue weighted by molar-refractivity contribution is 0.136. The summed E-state index contributed by atoms with van der Waals surface area (Å²) in [5, 5.41) is 0. The number of hydrogen-bond donors (Lipinski definition) is 3. The van der Waals surface area contributed by atoms with Crippen molar-refractivity contribution in [1.82, 2.24) is 20.1 Å². The van der Waals surface area contributed by atoms with Crippen molar-refractivity contribution in [3.63, 3.8) is 0 Å². The summed E-state index contributed by atoms with van der Waals surface area (Å²) >= 11 is 0. The quantitative estimate of drug-likeness (QED) is 0.510. The Morgan fingerprint density at radius 3 is 1.94 bits per heavy atom. The van der Waals surface area contributed by atoms with Crippen LogP contribution in [0.3, 0.4) is 0 Å². The molecule has 0 atom stereocenters. The van der Waals surface area contributed by atoms with Gasteiger partial charge in [0, 0.05) is 11.6 Å². The second-order valence-corrected chi connectivity index (χ2v) is 8.56. The van der Waals surface area contributed by atoms with E-state index >= 15 is 0 Å². The van der Waals surface area contributed by atoms with Gasteiger partial charge in [-0.2, -0.15) is 0 Å². The zero-order chi connectivity index (χ0) is 12.9. The van der Waals surface area contributed by atoms with Crippen LogP contribution in [0.5, 0.6) is 0 Å². The lowest BCUT2D eigenvalue weighted by atomic mass is 9.96. The van der Waals surface area contributed by atoms with E-state index < -0.39 is 9.28 Å². The van der Waals surface area contributed by atoms with Crippen molar-refractivity contribution in [2.75, 3.05) is 14.1 Å². The van der Waals surface area contributed by atoms with Crippen molar-refractivity contribution < 1.29 is 0 Å². The van der Waals surface area contributed by atoms with Crippen LogP contribution >= 0.6 is 0 Å². The van der Waals surface area contributed by atoms with Crippen LogP contribution in [-0.2, 0) is 0 Å². The van der Waals surface area contributed by atoms with Gasteiger partial charge in [0.05, 0.1) is 0 Å². The van der Waals surface area contributed by atoms with Crippen LogP contribution in [0.4, 0.5) is 0 Å². The monoisotopic (exact) mass is 258 g/mol. The summed E-state index contributed by atoms with van der Waals surface area (Å²) < 4.78 is 2.51. The van der Waals surface area contributed by atoms with E-state index in [2.05, 4.69) is 54.9 Å². The first kappa shape index (κ1) is 15.1. The highest BCUT2D eigenvalue weighted by molar-refractivity contribution is 6.49. The number of nitrogens with one attached hydrogen (secondary N) is 3. The van der Waals surface area contributed by atoms with Crippen LogP contribution in [0.15, 0.2) is 0 Å². The van der Waals surface area contributed by atoms with E-state index in [1.165, 1.54) is 32.1 Å². The van der Waals surface area contributed by atoms with E-state index in [1.807, 2.05) is 0 Å². The van der Waals surface area contributed by atoms with E-state index in [-0.39, 0.29) is 5.54 Å². The average molecular weight is 258 g/mol. The summed E-state index contributed by atoms with van der Waals surface area (Å²) in [6.07, 6.45) is 6.82. The molecule has 0 aromatic rings. The maximum absolute atomic E-state index is 3.70. The molecular formula is C12H30N4Si. The fourth-order valence-corrected chi connectivity index (χ4v) is 4.62. The number of rotatable bonds is 5. The van der Waals surface area contributed by atoms with Crippen LogP contribution in [0.25, 0.3) is 0 Å². The Labute approximate surface area is 108 Å². The van der Waals surface area contributed by atoms with E-state index in [0.717, 1.165) is 0 Å². The molecule has 0 spiro atoms. The van der Waals surface area contributed by atoms with Gasteiger partial charge in [0.15, 0.2) is 0 Å². The van der Waals surface area contributed by atoms with Crippen LogP contribution in [-0.4, -0.2) is 39.6 Å². The Morgan fingerprint density at radius 1 is 1.00 bits per heavy atom. The van der Waals surface area contributed by atoms with Crippen LogP contribution < -0.4 is 15.4 Å². The van der Waals surface area contributed by atoms with Gasteiger partial charge in [-0.15, -0.1) is 0 Å². The topological polar surface area (TPSA) is 39.3 Å². The van der Waals surface area contributed by atoms with Crippen molar-refractivity contribution in [3.05, 3.63) is 0 Å². The average Bonchev–Trinajstić information content (AvgIpc) is 2.29. The Kier molecular flexibility index (Phi) is 6.09. The molecule has 5 heteroatoms. The minimum Gasteiger partial charge on any atom is -0.318 e. The minimum absolute atomic E-state index is 0.135. The number of hydrogen-bond acceptors (Lipinski definition) is 4. The largest absolute Gasteiger partial charge is 0.318 e. The van der Waals surface area contributed by atoms with Gasteiger partial charge in [0.2, 0.25) is 0 Å². The molecule has 17 heavy (non-hydrogen) atoms. The normalized spacial score (nSPS) is 19.2. The highest BCUT2D eigenvalue weighted by atomic mass is 28.3. The molecule has 1 fully saturated rings. The fourth-order valence-electron chi connectivity index (χ4n) is 2.54. The molecular weight excluding hydrogens is 228 g/mol. The molecule has 0 aromatic heterocycles. The molecule has 0 radical (unpaired) electrons. The molecule has 102 valence electrons. The van der Waals surface area contributed by atoms with Gasteiger partial charge in [-0.1, -0.05) is 19.3 Å². The third-order valence-electron chi connectivity index (χ3n) is 3.26. The van der Waals surface area contributed by atoms with Gasteiger partial charge < -0.3 is 9.96 Å². The molecule has 1 rings (SSSR count). The zero-order valence-corrected chi connectivity index (χ0v) is 13.3. The van der Waals surface area contributed by atoms with Crippen molar-refractivity contribution in [1.29, 1.82) is 0 Å². The van der Waals surface area contributed by atoms with Gasteiger partial charge in [-0.25, -0.2) is 4.67 Å². The smallest absolute Gasteiger partial charge is 0.280 e. The maximum atomic E-state index is 3.70. The Morgan fingerprint density at radius 2 is 1.53 bits per heavy atom. The molecule has 0 saturated heterocycles. The van der Waals surface area contributed by atoms with E-state index in [4.69, 9.17) is 0 Å². The van der Waals surface area contributed by atoms with Crippen LogP contribution in [0.2, 0.25) is 0 Å². The highest BCUT2D eigenvalue weighted by Gasteiger charge is 2.30. The molecule has 4 nitrogen and oxygen atoms in total. The molecule has 0 aliphatic heterocycles. The molecule has 0 bridgehead atoms. The van der Waals surface area contributed by atoms with Crippen molar-refractivity contribution in [2.45, 2.75) is 64.5 Å². The van der Waals surface area contributed by atoms with E-state index in [1.54, 1.807) is 0 Å². The summed E-state index contributed by atoms with van der Waals surface area (Å²) in [7, 11) is 2.87. The van der Waals surface area contributed by atoms with Gasteiger partial charge in [0.25, 0.3) is 9.28 Å². The fraction of sp³-hybridized carbons (Fsp3) is 1.00. The molecule has 3 N–H and O–H groups in total. The molecule has 0 unspecified atom stereocenters. The lowest BCUT2D eigenvalue weighted by Gasteiger charge is -2.42. The predicted octanol–water partition coefficient (Wildman–Crippen LogP) is 1.08. The molecule has 0 heterocycles. The van der Waals surface area contributed by atoms with Crippen molar-refractivity contribution >= 4 is 9.28 Å². The van der Waals surface area contributed by atoms with Gasteiger partial charge in [-0.3, -0.25) is 5.43 Å². The maximum Gasteiger partial charge on any atom is 0.280 e. The summed E-state index contributed by atoms with van der Waals surface area (Å²) in [5.41, 5.74) is 3.83. The SMILES string of the molecule is CN[SiH](NC)N(NC(C)(C)C)C1CCCCC1. The Hall–Kier alpha value is 0.0569. The first-order valence-electron chi connectivity index (χ1n) is 6.88. The summed E-state index contributed by atoms with van der Waals surface area (Å²) in [5.74, 6) is 0. The third kappa shape index (κ3) is 5.05. The molecule has 1 aliphatic carbocycles. The zero-order valence-electron chi connectivity index (χ0n) is 12.1. The number of nitrogens with zero attached hydrogens (tertiary/aromatic N) is 1. The van der Waals surface area contributed by atoms with Crippen molar-refractivity contribution in [3.8, 4) is 0 Å². The van der Waals surface area contributed by atoms with Crippen molar-refractivity contribution in [2.24, 2.45) is 0 Å². The molecule has 0 aromatic carbocycles. The number of hydrazine groups is 1. The molecule has 0 amide bonds. The molecule has 1 saturated carbocycles. The summed E-state index contributed by atoms with van der Waals surface area (Å²) in [4.78, 5) is 6.93. The van der Waals surface area contributed by atoms with Gasteiger partial charge in [0.1, 0.15) is 0 Å². The Balaban J connectivity index is 2.69. The standard InChI is InChI=1S/C12H30N4Si/c1-12(2,3)15-16(17(13-4)14-5)11-9-7-6-8-10-11/h11,13-15,17H,6-10H2,1-5H3. The second-order valence-electron chi connectivity index (χ2n) is 6.04. The predicted molar refractivity (Wildman–Crippen MR) is 76.9 cm³/mol. The van der Waals surface area contributed by atoms with Crippen LogP contribution in [0, 0.1) is 0 Å². The highest BCUT2D eigenvalue weighted by Crippen LogP contribution is 2.22. The van der Waals surface area contributed by atoms with Crippen LogP contribution in [0.1, 0.15) is 52.9 Å². The summed E-state index contributed by atoms with van der Waals surface area (Å²) in [6.45, 7) is 6.71. The first-order chi connectivity index (χ1) is 7.98. The lowest BCUT2D eigenvalue weighted by Crippen LogP contribution is -2.68. The van der Waals surface area contributed by atoms with Gasteiger partial charge in [-0.05, 0) is 47.7 Å². The van der Waals surface area contributed by atoms with E-state index in [9.17, 15) is 0 Å². The van der Waals surface area contributed by atoms with Gasteiger partial charge >= 0.3 is 0 Å².